The summed E-state index contributed by atoms with van der Waals surface area (Å²) in [6.45, 7) is 5.58. The molecule has 1 aromatic rings. The summed E-state index contributed by atoms with van der Waals surface area (Å²) in [5.74, 6) is -4.43. The molecule has 0 aliphatic rings. The molecule has 48 heavy (non-hydrogen) atoms. The van der Waals surface area contributed by atoms with Gasteiger partial charge in [-0.2, -0.15) is 0 Å². The molecule has 7 N–H and O–H groups in total. The van der Waals surface area contributed by atoms with Crippen molar-refractivity contribution in [2.75, 3.05) is 26.3 Å². The normalized spacial score (nSPS) is 14.8. The molecule has 0 radical (unpaired) electrons. The topological polar surface area (TPSA) is 274 Å². The van der Waals surface area contributed by atoms with Gasteiger partial charge in [-0.1, -0.05) is 13.8 Å². The van der Waals surface area contributed by atoms with E-state index in [1.807, 2.05) is 0 Å². The zero-order chi connectivity index (χ0) is 36.1. The number of aliphatic carboxylic acids is 1. The van der Waals surface area contributed by atoms with E-state index < -0.39 is 74.5 Å². The van der Waals surface area contributed by atoms with Crippen LogP contribution < -0.4 is 21.3 Å². The number of rotatable bonds is 25. The summed E-state index contributed by atoms with van der Waals surface area (Å²) in [4.78, 5) is 88.6. The van der Waals surface area contributed by atoms with Crippen molar-refractivity contribution in [2.45, 2.75) is 97.1 Å². The fourth-order valence-electron chi connectivity index (χ4n) is 3.90. The summed E-state index contributed by atoms with van der Waals surface area (Å²) in [5, 5.41) is 19.8. The molecular formula is C28H47N6O13P. The fraction of sp³-hybridized carbons (Fsp3) is 0.679. The van der Waals surface area contributed by atoms with Crippen LogP contribution in [0.1, 0.15) is 71.9 Å². The number of hydrogen-bond acceptors (Lipinski definition) is 13. The number of amides is 3. The SMILES string of the molecule is CCCC(=O)OC(COC(=O)CC)OP(=O)(O)OCCNCCCCC(NC(C)=O)C(=O)NC(C)C(=O)NC(Cc1c[nH]cn1)C(=O)O. The number of esters is 2. The number of ether oxygens (including phenoxy) is 2. The Morgan fingerprint density at radius 3 is 2.33 bits per heavy atom. The summed E-state index contributed by atoms with van der Waals surface area (Å²) in [6, 6.07) is -3.34. The third kappa shape index (κ3) is 18.4. The Balaban J connectivity index is 2.47. The highest BCUT2D eigenvalue weighted by molar-refractivity contribution is 7.47. The lowest BCUT2D eigenvalue weighted by Gasteiger charge is -2.22. The van der Waals surface area contributed by atoms with Crippen LogP contribution in [-0.2, 0) is 58.3 Å². The van der Waals surface area contributed by atoms with E-state index in [1.54, 1.807) is 13.8 Å². The minimum atomic E-state index is -4.69. The van der Waals surface area contributed by atoms with Crippen molar-refractivity contribution in [1.82, 2.24) is 31.2 Å². The highest BCUT2D eigenvalue weighted by Gasteiger charge is 2.30. The van der Waals surface area contributed by atoms with Crippen molar-refractivity contribution in [1.29, 1.82) is 0 Å². The number of H-pyrrole nitrogens is 1. The molecule has 1 rings (SSSR count). The van der Waals surface area contributed by atoms with Gasteiger partial charge in [-0.15, -0.1) is 0 Å². The first-order chi connectivity index (χ1) is 22.7. The van der Waals surface area contributed by atoms with Gasteiger partial charge in [0.1, 0.15) is 18.1 Å². The van der Waals surface area contributed by atoms with Crippen molar-refractivity contribution in [2.24, 2.45) is 0 Å². The first kappa shape index (κ1) is 42.1. The van der Waals surface area contributed by atoms with Crippen molar-refractivity contribution >= 4 is 43.5 Å². The van der Waals surface area contributed by atoms with E-state index in [9.17, 15) is 43.3 Å². The van der Waals surface area contributed by atoms with Gasteiger partial charge in [0, 0.05) is 38.9 Å². The maximum atomic E-state index is 12.8. The number of nitrogens with one attached hydrogen (secondary N) is 5. The predicted octanol–water partition coefficient (Wildman–Crippen LogP) is 0.0471. The van der Waals surface area contributed by atoms with Crippen molar-refractivity contribution in [3.8, 4) is 0 Å². The van der Waals surface area contributed by atoms with Crippen molar-refractivity contribution < 1.29 is 61.9 Å². The summed E-state index contributed by atoms with van der Waals surface area (Å²) in [5.41, 5.74) is 0.429. The number of imidazole rings is 1. The molecular weight excluding hydrogens is 659 g/mol. The van der Waals surface area contributed by atoms with Gasteiger partial charge in [-0.05, 0) is 39.2 Å². The van der Waals surface area contributed by atoms with Crippen LogP contribution in [0.2, 0.25) is 0 Å². The van der Waals surface area contributed by atoms with E-state index in [0.29, 0.717) is 31.5 Å². The highest BCUT2D eigenvalue weighted by atomic mass is 31.2. The number of unbranched alkanes of at least 4 members (excludes halogenated alkanes) is 1. The van der Waals surface area contributed by atoms with Crippen LogP contribution >= 0.6 is 7.82 Å². The van der Waals surface area contributed by atoms with Crippen LogP contribution in [0.25, 0.3) is 0 Å². The Morgan fingerprint density at radius 1 is 1.00 bits per heavy atom. The second-order valence-corrected chi connectivity index (χ2v) is 11.9. The number of phosphoric ester groups is 1. The third-order valence-electron chi connectivity index (χ3n) is 6.30. The first-order valence-electron chi connectivity index (χ1n) is 15.5. The first-order valence-corrected chi connectivity index (χ1v) is 17.0. The number of aromatic amines is 1. The lowest BCUT2D eigenvalue weighted by atomic mass is 10.1. The molecule has 272 valence electrons. The molecule has 5 unspecified atom stereocenters. The van der Waals surface area contributed by atoms with Gasteiger partial charge in [0.25, 0.3) is 0 Å². The smallest absolute Gasteiger partial charge is 0.475 e. The number of carbonyl (C=O) groups excluding carboxylic acids is 5. The third-order valence-corrected chi connectivity index (χ3v) is 7.31. The van der Waals surface area contributed by atoms with Gasteiger partial charge in [0.15, 0.2) is 6.61 Å². The lowest BCUT2D eigenvalue weighted by Crippen LogP contribution is -2.54. The molecule has 0 spiro atoms. The Bertz CT molecular complexity index is 1230. The lowest BCUT2D eigenvalue weighted by molar-refractivity contribution is -0.179. The average Bonchev–Trinajstić information content (AvgIpc) is 3.52. The number of aromatic nitrogens is 2. The molecule has 0 saturated carbocycles. The zero-order valence-corrected chi connectivity index (χ0v) is 28.4. The van der Waals surface area contributed by atoms with E-state index in [0.717, 1.165) is 0 Å². The summed E-state index contributed by atoms with van der Waals surface area (Å²) in [7, 11) is -4.69. The number of hydrogen-bond donors (Lipinski definition) is 7. The van der Waals surface area contributed by atoms with Crippen LogP contribution in [0, 0.1) is 0 Å². The van der Waals surface area contributed by atoms with Crippen LogP contribution in [-0.4, -0.2) is 106 Å². The van der Waals surface area contributed by atoms with Crippen LogP contribution in [0.15, 0.2) is 12.5 Å². The van der Waals surface area contributed by atoms with Crippen molar-refractivity contribution in [3.05, 3.63) is 18.2 Å². The summed E-state index contributed by atoms with van der Waals surface area (Å²) in [6.07, 6.45) is 2.90. The Kier molecular flexibility index (Phi) is 19.9. The van der Waals surface area contributed by atoms with Gasteiger partial charge in [0.2, 0.25) is 24.0 Å². The average molecular weight is 707 g/mol. The number of nitrogens with zero attached hydrogens (tertiary/aromatic N) is 1. The number of phosphoric acid groups is 1. The molecule has 1 heterocycles. The largest absolute Gasteiger partial charge is 0.480 e. The van der Waals surface area contributed by atoms with Crippen LogP contribution in [0.5, 0.6) is 0 Å². The monoisotopic (exact) mass is 706 g/mol. The quantitative estimate of drug-likeness (QED) is 0.0306. The number of carbonyl (C=O) groups is 6. The van der Waals surface area contributed by atoms with Gasteiger partial charge in [0.05, 0.1) is 18.6 Å². The molecule has 5 atom stereocenters. The molecule has 1 aromatic heterocycles. The Labute approximate surface area is 278 Å². The molecule has 20 heteroatoms. The van der Waals surface area contributed by atoms with Gasteiger partial charge in [-0.3, -0.25) is 28.5 Å². The highest BCUT2D eigenvalue weighted by Crippen LogP contribution is 2.44. The Hall–Kier alpha value is -3.90. The van der Waals surface area contributed by atoms with Gasteiger partial charge >= 0.3 is 25.7 Å². The van der Waals surface area contributed by atoms with Gasteiger partial charge < -0.3 is 45.7 Å². The molecule has 0 fully saturated rings. The van der Waals surface area contributed by atoms with E-state index in [1.165, 1.54) is 26.4 Å². The minimum absolute atomic E-state index is 0.0251. The van der Waals surface area contributed by atoms with E-state index in [2.05, 4.69) is 31.2 Å². The molecule has 0 bridgehead atoms. The maximum Gasteiger partial charge on any atom is 0.475 e. The molecule has 0 aliphatic carbocycles. The summed E-state index contributed by atoms with van der Waals surface area (Å²) < 4.78 is 31.9. The van der Waals surface area contributed by atoms with Gasteiger partial charge in [-0.25, -0.2) is 18.9 Å². The standard InChI is InChI=1S/C28H47N6O13P/c1-5-9-24(37)46-25(16-44-23(36)6-2)47-48(42,43)45-13-12-29-11-8-7-10-21(33-19(4)35)27(39)32-18(3)26(38)34-22(28(40)41)14-20-15-30-17-31-20/h15,17-18,21-22,25,29H,5-14,16H2,1-4H3,(H,30,31)(H,32,39)(H,33,35)(H,34,38)(H,40,41)(H,42,43). The van der Waals surface area contributed by atoms with Crippen molar-refractivity contribution in [3.63, 3.8) is 0 Å². The molecule has 0 saturated heterocycles. The molecule has 0 aromatic carbocycles. The van der Waals surface area contributed by atoms with E-state index in [-0.39, 0.29) is 38.8 Å². The second-order valence-electron chi connectivity index (χ2n) is 10.5. The molecule has 3 amide bonds. The summed E-state index contributed by atoms with van der Waals surface area (Å²) >= 11 is 0. The van der Waals surface area contributed by atoms with E-state index >= 15 is 0 Å². The fourth-order valence-corrected chi connectivity index (χ4v) is 4.68. The van der Waals surface area contributed by atoms with Crippen LogP contribution in [0.3, 0.4) is 0 Å². The zero-order valence-electron chi connectivity index (χ0n) is 27.5. The number of carboxylic acids is 1. The predicted molar refractivity (Wildman–Crippen MR) is 167 cm³/mol. The molecule has 0 aliphatic heterocycles. The van der Waals surface area contributed by atoms with Crippen LogP contribution in [0.4, 0.5) is 0 Å². The second kappa shape index (κ2) is 22.6. The Morgan fingerprint density at radius 2 is 1.73 bits per heavy atom. The molecule has 19 nitrogen and oxygen atoms in total. The van der Waals surface area contributed by atoms with E-state index in [4.69, 9.17) is 18.5 Å². The number of carboxylic acid groups (broad SMARTS) is 1. The minimum Gasteiger partial charge on any atom is -0.480 e. The maximum absolute atomic E-state index is 12.8.